The lowest BCUT2D eigenvalue weighted by atomic mass is 9.74. The summed E-state index contributed by atoms with van der Waals surface area (Å²) in [4.78, 5) is 12.6. The Morgan fingerprint density at radius 3 is 3.10 bits per heavy atom. The van der Waals surface area contributed by atoms with Gasteiger partial charge in [0.15, 0.2) is 0 Å². The lowest BCUT2D eigenvalue weighted by Gasteiger charge is -2.35. The smallest absolute Gasteiger partial charge is 0.230 e. The fraction of sp³-hybridized carbons (Fsp3) is 0.733. The summed E-state index contributed by atoms with van der Waals surface area (Å²) in [6.45, 7) is 7.30. The SMILES string of the molecule is COCCn1cc(NC(=O)C(C)(C)C2CCCNC2)cn1. The Morgan fingerprint density at radius 2 is 2.43 bits per heavy atom. The molecule has 2 N–H and O–H groups in total. The normalized spacial score (nSPS) is 19.5. The zero-order valence-electron chi connectivity index (χ0n) is 13.2. The maximum atomic E-state index is 12.6. The lowest BCUT2D eigenvalue weighted by molar-refractivity contribution is -0.127. The molecule has 1 aliphatic rings. The fourth-order valence-electron chi connectivity index (χ4n) is 2.68. The van der Waals surface area contributed by atoms with E-state index >= 15 is 0 Å². The Morgan fingerprint density at radius 1 is 1.62 bits per heavy atom. The zero-order chi connectivity index (χ0) is 15.3. The second-order valence-electron chi connectivity index (χ2n) is 6.20. The van der Waals surface area contributed by atoms with E-state index in [0.717, 1.165) is 31.6 Å². The molecule has 0 saturated carbocycles. The topological polar surface area (TPSA) is 68.2 Å². The number of anilines is 1. The van der Waals surface area contributed by atoms with Crippen LogP contribution in [0.1, 0.15) is 26.7 Å². The van der Waals surface area contributed by atoms with Gasteiger partial charge in [0.25, 0.3) is 0 Å². The van der Waals surface area contributed by atoms with Gasteiger partial charge in [-0.3, -0.25) is 9.48 Å². The molecule has 2 heterocycles. The largest absolute Gasteiger partial charge is 0.383 e. The van der Waals surface area contributed by atoms with E-state index in [1.165, 1.54) is 0 Å². The molecular formula is C15H26N4O2. The van der Waals surface area contributed by atoms with Gasteiger partial charge >= 0.3 is 0 Å². The van der Waals surface area contributed by atoms with E-state index in [0.29, 0.717) is 19.1 Å². The number of carbonyl (C=O) groups is 1. The molecule has 21 heavy (non-hydrogen) atoms. The van der Waals surface area contributed by atoms with Gasteiger partial charge in [-0.25, -0.2) is 0 Å². The molecule has 1 amide bonds. The third-order valence-corrected chi connectivity index (χ3v) is 4.32. The van der Waals surface area contributed by atoms with Crippen LogP contribution < -0.4 is 10.6 Å². The molecule has 1 unspecified atom stereocenters. The maximum Gasteiger partial charge on any atom is 0.230 e. The van der Waals surface area contributed by atoms with Gasteiger partial charge in [-0.1, -0.05) is 13.8 Å². The van der Waals surface area contributed by atoms with Crippen LogP contribution in [-0.2, 0) is 16.1 Å². The quantitative estimate of drug-likeness (QED) is 0.834. The van der Waals surface area contributed by atoms with E-state index in [2.05, 4.69) is 15.7 Å². The van der Waals surface area contributed by atoms with Crippen LogP contribution in [0.25, 0.3) is 0 Å². The first-order valence-corrected chi connectivity index (χ1v) is 7.57. The van der Waals surface area contributed by atoms with Gasteiger partial charge in [0, 0.05) is 18.7 Å². The Bertz CT molecular complexity index is 464. The summed E-state index contributed by atoms with van der Waals surface area (Å²) < 4.78 is 6.79. The van der Waals surface area contributed by atoms with E-state index in [1.807, 2.05) is 20.0 Å². The predicted octanol–water partition coefficient (Wildman–Crippen LogP) is 1.49. The molecule has 1 aliphatic heterocycles. The Hall–Kier alpha value is -1.40. The number of carbonyl (C=O) groups excluding carboxylic acids is 1. The third-order valence-electron chi connectivity index (χ3n) is 4.32. The number of hydrogen-bond donors (Lipinski definition) is 2. The van der Waals surface area contributed by atoms with Crippen molar-refractivity contribution < 1.29 is 9.53 Å². The molecule has 118 valence electrons. The summed E-state index contributed by atoms with van der Waals surface area (Å²) >= 11 is 0. The van der Waals surface area contributed by atoms with Crippen LogP contribution in [0, 0.1) is 11.3 Å². The fourth-order valence-corrected chi connectivity index (χ4v) is 2.68. The van der Waals surface area contributed by atoms with Crippen molar-refractivity contribution in [2.75, 3.05) is 32.1 Å². The van der Waals surface area contributed by atoms with E-state index in [4.69, 9.17) is 4.74 Å². The lowest BCUT2D eigenvalue weighted by Crippen LogP contribution is -2.44. The molecule has 6 nitrogen and oxygen atoms in total. The molecule has 6 heteroatoms. The number of methoxy groups -OCH3 is 1. The van der Waals surface area contributed by atoms with Gasteiger partial charge in [-0.05, 0) is 31.8 Å². The van der Waals surface area contributed by atoms with E-state index in [1.54, 1.807) is 18.0 Å². The molecule has 0 bridgehead atoms. The molecule has 0 radical (unpaired) electrons. The van der Waals surface area contributed by atoms with Crippen LogP contribution in [0.5, 0.6) is 0 Å². The number of aromatic nitrogens is 2. The molecule has 0 spiro atoms. The predicted molar refractivity (Wildman–Crippen MR) is 82.1 cm³/mol. The van der Waals surface area contributed by atoms with Crippen LogP contribution in [0.4, 0.5) is 5.69 Å². The number of rotatable bonds is 6. The molecule has 0 aromatic carbocycles. The molecule has 0 aliphatic carbocycles. The van der Waals surface area contributed by atoms with Crippen LogP contribution in [0.3, 0.4) is 0 Å². The van der Waals surface area contributed by atoms with Crippen molar-refractivity contribution in [3.05, 3.63) is 12.4 Å². The molecule has 1 fully saturated rings. The number of hydrogen-bond acceptors (Lipinski definition) is 4. The summed E-state index contributed by atoms with van der Waals surface area (Å²) in [5.74, 6) is 0.428. The third kappa shape index (κ3) is 4.04. The minimum absolute atomic E-state index is 0.0579. The average Bonchev–Trinajstić information content (AvgIpc) is 2.93. The van der Waals surface area contributed by atoms with Gasteiger partial charge < -0.3 is 15.4 Å². The van der Waals surface area contributed by atoms with E-state index in [-0.39, 0.29) is 11.3 Å². The first kappa shape index (κ1) is 16.0. The van der Waals surface area contributed by atoms with Crippen molar-refractivity contribution in [3.63, 3.8) is 0 Å². The number of amides is 1. The molecule has 1 saturated heterocycles. The summed E-state index contributed by atoms with van der Waals surface area (Å²) in [5.41, 5.74) is 0.357. The Balaban J connectivity index is 1.94. The van der Waals surface area contributed by atoms with E-state index in [9.17, 15) is 4.79 Å². The number of nitrogens with zero attached hydrogens (tertiary/aromatic N) is 2. The standard InChI is InChI=1S/C15H26N4O2/c1-15(2,12-5-4-6-16-9-12)14(20)18-13-10-17-19(11-13)7-8-21-3/h10-12,16H,4-9H2,1-3H3,(H,18,20). The number of ether oxygens (including phenoxy) is 1. The van der Waals surface area contributed by atoms with Gasteiger partial charge in [-0.2, -0.15) is 5.10 Å². The van der Waals surface area contributed by atoms with Gasteiger partial charge in [0.05, 0.1) is 25.0 Å². The Labute approximate surface area is 126 Å². The average molecular weight is 294 g/mol. The van der Waals surface area contributed by atoms with Crippen LogP contribution in [0.15, 0.2) is 12.4 Å². The van der Waals surface area contributed by atoms with Crippen molar-refractivity contribution >= 4 is 11.6 Å². The molecular weight excluding hydrogens is 268 g/mol. The van der Waals surface area contributed by atoms with Gasteiger partial charge in [0.2, 0.25) is 5.91 Å². The van der Waals surface area contributed by atoms with Crippen molar-refractivity contribution in [3.8, 4) is 0 Å². The highest BCUT2D eigenvalue weighted by molar-refractivity contribution is 5.94. The molecule has 1 atom stereocenters. The first-order chi connectivity index (χ1) is 10.0. The highest BCUT2D eigenvalue weighted by Gasteiger charge is 2.37. The van der Waals surface area contributed by atoms with Crippen molar-refractivity contribution in [2.24, 2.45) is 11.3 Å². The molecule has 1 aromatic rings. The van der Waals surface area contributed by atoms with Crippen LogP contribution >= 0.6 is 0 Å². The molecule has 1 aromatic heterocycles. The number of nitrogens with one attached hydrogen (secondary N) is 2. The second-order valence-corrected chi connectivity index (χ2v) is 6.20. The van der Waals surface area contributed by atoms with Crippen molar-refractivity contribution in [2.45, 2.75) is 33.2 Å². The summed E-state index contributed by atoms with van der Waals surface area (Å²) in [6, 6.07) is 0. The summed E-state index contributed by atoms with van der Waals surface area (Å²) in [6.07, 6.45) is 5.76. The zero-order valence-corrected chi connectivity index (χ0v) is 13.2. The minimum atomic E-state index is -0.387. The Kier molecular flexibility index (Phi) is 5.36. The first-order valence-electron chi connectivity index (χ1n) is 7.57. The minimum Gasteiger partial charge on any atom is -0.383 e. The van der Waals surface area contributed by atoms with Crippen LogP contribution in [-0.4, -0.2) is 42.5 Å². The van der Waals surface area contributed by atoms with Gasteiger partial charge in [-0.15, -0.1) is 0 Å². The van der Waals surface area contributed by atoms with Gasteiger partial charge in [0.1, 0.15) is 0 Å². The van der Waals surface area contributed by atoms with Crippen molar-refractivity contribution in [1.29, 1.82) is 0 Å². The number of piperidine rings is 1. The van der Waals surface area contributed by atoms with Crippen LogP contribution in [0.2, 0.25) is 0 Å². The second kappa shape index (κ2) is 7.04. The summed E-state index contributed by atoms with van der Waals surface area (Å²) in [7, 11) is 1.66. The molecule has 2 rings (SSSR count). The maximum absolute atomic E-state index is 12.6. The van der Waals surface area contributed by atoms with Crippen molar-refractivity contribution in [1.82, 2.24) is 15.1 Å². The highest BCUT2D eigenvalue weighted by Crippen LogP contribution is 2.32. The summed E-state index contributed by atoms with van der Waals surface area (Å²) in [5, 5.41) is 10.6. The van der Waals surface area contributed by atoms with E-state index < -0.39 is 0 Å². The monoisotopic (exact) mass is 294 g/mol. The highest BCUT2D eigenvalue weighted by atomic mass is 16.5.